The number of Topliss-reactive ketones (excluding diaryl/α,β-unsaturated/α-hetero) is 1. The summed E-state index contributed by atoms with van der Waals surface area (Å²) in [5.74, 6) is -0.366. The van der Waals surface area contributed by atoms with Crippen molar-refractivity contribution in [2.45, 2.75) is 26.1 Å². The van der Waals surface area contributed by atoms with E-state index in [1.807, 2.05) is 0 Å². The Morgan fingerprint density at radius 1 is 1.29 bits per heavy atom. The molecule has 0 aliphatic carbocycles. The van der Waals surface area contributed by atoms with E-state index >= 15 is 0 Å². The quantitative estimate of drug-likeness (QED) is 0.460. The van der Waals surface area contributed by atoms with E-state index in [9.17, 15) is 9.59 Å². The normalized spacial score (nSPS) is 10.1. The standard InChI is InChI=1S/C13H15ClO3/c1-3-11(15)12-9(8-14)6-5-7-10(12)13(16)17-4-2/h5-7H,3-4,8H2,1-2H3. The fourth-order valence-electron chi connectivity index (χ4n) is 1.60. The largest absolute Gasteiger partial charge is 0.462 e. The van der Waals surface area contributed by atoms with Gasteiger partial charge in [0.25, 0.3) is 0 Å². The van der Waals surface area contributed by atoms with Crippen molar-refractivity contribution in [3.05, 3.63) is 34.9 Å². The van der Waals surface area contributed by atoms with Crippen molar-refractivity contribution >= 4 is 23.4 Å². The second kappa shape index (κ2) is 6.40. The Labute approximate surface area is 106 Å². The van der Waals surface area contributed by atoms with Gasteiger partial charge in [0.2, 0.25) is 0 Å². The summed E-state index contributed by atoms with van der Waals surface area (Å²) in [4.78, 5) is 23.6. The molecule has 0 atom stereocenters. The number of hydrogen-bond donors (Lipinski definition) is 0. The van der Waals surface area contributed by atoms with Crippen LogP contribution >= 0.6 is 11.6 Å². The van der Waals surface area contributed by atoms with Crippen molar-refractivity contribution in [1.29, 1.82) is 0 Å². The SMILES string of the molecule is CCOC(=O)c1cccc(CCl)c1C(=O)CC. The molecule has 0 unspecified atom stereocenters. The predicted molar refractivity (Wildman–Crippen MR) is 66.6 cm³/mol. The monoisotopic (exact) mass is 254 g/mol. The molecule has 0 fully saturated rings. The summed E-state index contributed by atoms with van der Waals surface area (Å²) in [7, 11) is 0. The average molecular weight is 255 g/mol. The van der Waals surface area contributed by atoms with E-state index in [0.717, 1.165) is 0 Å². The molecule has 4 heteroatoms. The van der Waals surface area contributed by atoms with Gasteiger partial charge < -0.3 is 4.74 Å². The Balaban J connectivity index is 3.28. The van der Waals surface area contributed by atoms with Gasteiger partial charge in [-0.05, 0) is 18.6 Å². The second-order valence-electron chi connectivity index (χ2n) is 3.47. The molecule has 0 saturated heterocycles. The first-order valence-electron chi connectivity index (χ1n) is 5.53. The van der Waals surface area contributed by atoms with Crippen molar-refractivity contribution in [3.8, 4) is 0 Å². The van der Waals surface area contributed by atoms with Gasteiger partial charge in [-0.2, -0.15) is 0 Å². The molecule has 0 radical (unpaired) electrons. The van der Waals surface area contributed by atoms with Crippen LogP contribution in [0.3, 0.4) is 0 Å². The maximum absolute atomic E-state index is 11.9. The minimum Gasteiger partial charge on any atom is -0.462 e. The first-order chi connectivity index (χ1) is 8.15. The molecule has 0 bridgehead atoms. The smallest absolute Gasteiger partial charge is 0.338 e. The van der Waals surface area contributed by atoms with E-state index in [1.54, 1.807) is 32.0 Å². The van der Waals surface area contributed by atoms with Gasteiger partial charge in [0.15, 0.2) is 5.78 Å². The maximum Gasteiger partial charge on any atom is 0.338 e. The summed E-state index contributed by atoms with van der Waals surface area (Å²) in [6.07, 6.45) is 0.334. The Morgan fingerprint density at radius 3 is 2.53 bits per heavy atom. The minimum atomic E-state index is -0.476. The van der Waals surface area contributed by atoms with Gasteiger partial charge in [-0.25, -0.2) is 4.79 Å². The van der Waals surface area contributed by atoms with E-state index in [4.69, 9.17) is 16.3 Å². The summed E-state index contributed by atoms with van der Waals surface area (Å²) >= 11 is 5.78. The van der Waals surface area contributed by atoms with Gasteiger partial charge in [-0.3, -0.25) is 4.79 Å². The Morgan fingerprint density at radius 2 is 2.00 bits per heavy atom. The van der Waals surface area contributed by atoms with Gasteiger partial charge in [0, 0.05) is 17.9 Å². The van der Waals surface area contributed by atoms with Gasteiger partial charge in [0.05, 0.1) is 12.2 Å². The van der Waals surface area contributed by atoms with Crippen LogP contribution in [0.2, 0.25) is 0 Å². The summed E-state index contributed by atoms with van der Waals surface area (Å²) in [5.41, 5.74) is 1.37. The molecule has 1 rings (SSSR count). The lowest BCUT2D eigenvalue weighted by atomic mass is 9.97. The molecule has 0 aromatic heterocycles. The third-order valence-corrected chi connectivity index (χ3v) is 2.68. The highest BCUT2D eigenvalue weighted by atomic mass is 35.5. The first kappa shape index (κ1) is 13.7. The fraction of sp³-hybridized carbons (Fsp3) is 0.385. The van der Waals surface area contributed by atoms with Crippen LogP contribution in [-0.4, -0.2) is 18.4 Å². The predicted octanol–water partition coefficient (Wildman–Crippen LogP) is 3.19. The topological polar surface area (TPSA) is 43.4 Å². The van der Waals surface area contributed by atoms with E-state index < -0.39 is 5.97 Å². The van der Waals surface area contributed by atoms with Crippen molar-refractivity contribution in [2.24, 2.45) is 0 Å². The second-order valence-corrected chi connectivity index (χ2v) is 3.74. The lowest BCUT2D eigenvalue weighted by Gasteiger charge is -2.10. The minimum absolute atomic E-state index is 0.0932. The Kier molecular flexibility index (Phi) is 5.16. The first-order valence-corrected chi connectivity index (χ1v) is 6.07. The van der Waals surface area contributed by atoms with Crippen LogP contribution in [0.1, 0.15) is 46.5 Å². The highest BCUT2D eigenvalue weighted by Gasteiger charge is 2.19. The number of ketones is 1. The van der Waals surface area contributed by atoms with Crippen LogP contribution in [-0.2, 0) is 10.6 Å². The highest BCUT2D eigenvalue weighted by molar-refractivity contribution is 6.18. The Bertz CT molecular complexity index is 427. The van der Waals surface area contributed by atoms with Crippen molar-refractivity contribution in [2.75, 3.05) is 6.61 Å². The molecule has 0 aliphatic heterocycles. The van der Waals surface area contributed by atoms with E-state index in [0.29, 0.717) is 23.1 Å². The molecule has 3 nitrogen and oxygen atoms in total. The number of carbonyl (C=O) groups is 2. The molecule has 0 saturated carbocycles. The zero-order chi connectivity index (χ0) is 12.8. The molecular weight excluding hydrogens is 240 g/mol. The zero-order valence-electron chi connectivity index (χ0n) is 9.96. The molecule has 0 N–H and O–H groups in total. The van der Waals surface area contributed by atoms with Crippen LogP contribution in [0, 0.1) is 0 Å². The highest BCUT2D eigenvalue weighted by Crippen LogP contribution is 2.20. The molecule has 0 spiro atoms. The van der Waals surface area contributed by atoms with Crippen molar-refractivity contribution in [3.63, 3.8) is 0 Å². The van der Waals surface area contributed by atoms with Gasteiger partial charge in [-0.1, -0.05) is 19.1 Å². The van der Waals surface area contributed by atoms with Gasteiger partial charge in [0.1, 0.15) is 0 Å². The number of halogens is 1. The lowest BCUT2D eigenvalue weighted by Crippen LogP contribution is -2.13. The van der Waals surface area contributed by atoms with Crippen LogP contribution in [0.25, 0.3) is 0 Å². The molecule has 0 heterocycles. The average Bonchev–Trinajstić information content (AvgIpc) is 2.37. The van der Waals surface area contributed by atoms with Crippen LogP contribution in [0.4, 0.5) is 0 Å². The molecular formula is C13H15ClO3. The third kappa shape index (κ3) is 3.07. The molecule has 0 aliphatic rings. The maximum atomic E-state index is 11.9. The molecule has 1 aromatic rings. The number of alkyl halides is 1. The van der Waals surface area contributed by atoms with Gasteiger partial charge in [-0.15, -0.1) is 11.6 Å². The van der Waals surface area contributed by atoms with Crippen LogP contribution < -0.4 is 0 Å². The summed E-state index contributed by atoms with van der Waals surface area (Å²) in [6.45, 7) is 3.76. The zero-order valence-corrected chi connectivity index (χ0v) is 10.7. The number of rotatable bonds is 5. The summed E-state index contributed by atoms with van der Waals surface area (Å²) in [5, 5.41) is 0. The third-order valence-electron chi connectivity index (χ3n) is 2.39. The Hall–Kier alpha value is -1.35. The number of carbonyl (C=O) groups excluding carboxylic acids is 2. The number of esters is 1. The molecule has 0 amide bonds. The summed E-state index contributed by atoms with van der Waals surface area (Å²) < 4.78 is 4.93. The van der Waals surface area contributed by atoms with Crippen LogP contribution in [0.5, 0.6) is 0 Å². The summed E-state index contributed by atoms with van der Waals surface area (Å²) in [6, 6.07) is 5.05. The van der Waals surface area contributed by atoms with E-state index in [2.05, 4.69) is 0 Å². The number of benzene rings is 1. The van der Waals surface area contributed by atoms with Crippen molar-refractivity contribution in [1.82, 2.24) is 0 Å². The van der Waals surface area contributed by atoms with E-state index in [-0.39, 0.29) is 18.3 Å². The van der Waals surface area contributed by atoms with Gasteiger partial charge >= 0.3 is 5.97 Å². The molecule has 17 heavy (non-hydrogen) atoms. The molecule has 1 aromatic carbocycles. The number of hydrogen-bond acceptors (Lipinski definition) is 3. The van der Waals surface area contributed by atoms with E-state index in [1.165, 1.54) is 0 Å². The number of ether oxygens (including phenoxy) is 1. The van der Waals surface area contributed by atoms with Crippen LogP contribution in [0.15, 0.2) is 18.2 Å². The fourth-order valence-corrected chi connectivity index (χ4v) is 1.82. The van der Waals surface area contributed by atoms with Crippen molar-refractivity contribution < 1.29 is 14.3 Å². The lowest BCUT2D eigenvalue weighted by molar-refractivity contribution is 0.0523. The molecule has 92 valence electrons.